The Bertz CT molecular complexity index is 1220. The lowest BCUT2D eigenvalue weighted by molar-refractivity contribution is -0.137. The number of carbonyl (C=O) groups is 3. The fourth-order valence-electron chi connectivity index (χ4n) is 4.66. The highest BCUT2D eigenvalue weighted by molar-refractivity contribution is 7.13. The summed E-state index contributed by atoms with van der Waals surface area (Å²) in [4.78, 5) is 46.4. The zero-order valence-corrected chi connectivity index (χ0v) is 22.4. The van der Waals surface area contributed by atoms with Crippen molar-refractivity contribution < 1.29 is 32.6 Å². The Morgan fingerprint density at radius 1 is 1.18 bits per heavy atom. The molecule has 2 aromatic rings. The minimum absolute atomic E-state index is 0.0121. The lowest BCUT2D eigenvalue weighted by atomic mass is 9.93. The lowest BCUT2D eigenvalue weighted by Gasteiger charge is -2.36. The van der Waals surface area contributed by atoms with E-state index < -0.39 is 35.7 Å². The Kier molecular flexibility index (Phi) is 9.43. The van der Waals surface area contributed by atoms with E-state index in [1.807, 2.05) is 5.38 Å². The van der Waals surface area contributed by atoms with Gasteiger partial charge in [-0.1, -0.05) is 6.07 Å². The number of benzene rings is 1. The number of imide groups is 1. The van der Waals surface area contributed by atoms with Gasteiger partial charge in [0, 0.05) is 50.9 Å². The van der Waals surface area contributed by atoms with Crippen LogP contribution in [0, 0.1) is 11.6 Å². The molecule has 2 aliphatic rings. The molecule has 1 atom stereocenters. The molecule has 2 aliphatic heterocycles. The van der Waals surface area contributed by atoms with Gasteiger partial charge in [-0.2, -0.15) is 0 Å². The van der Waals surface area contributed by atoms with Gasteiger partial charge in [0.15, 0.2) is 16.8 Å². The zero-order valence-electron chi connectivity index (χ0n) is 21.5. The molecule has 1 unspecified atom stereocenters. The number of anilines is 1. The Morgan fingerprint density at radius 3 is 2.59 bits per heavy atom. The quantitative estimate of drug-likeness (QED) is 0.314. The molecular weight excluding hydrogens is 534 g/mol. The van der Waals surface area contributed by atoms with Crippen LogP contribution in [0.25, 0.3) is 0 Å². The van der Waals surface area contributed by atoms with Crippen LogP contribution in [-0.2, 0) is 14.3 Å². The molecular formula is C25H30F2N6O5S. The van der Waals surface area contributed by atoms with Crippen LogP contribution in [-0.4, -0.2) is 81.0 Å². The van der Waals surface area contributed by atoms with E-state index in [0.717, 1.165) is 55.2 Å². The molecule has 1 aromatic heterocycles. The van der Waals surface area contributed by atoms with E-state index in [4.69, 9.17) is 9.47 Å². The van der Waals surface area contributed by atoms with E-state index in [1.54, 1.807) is 17.5 Å². The molecule has 3 N–H and O–H groups in total. The summed E-state index contributed by atoms with van der Waals surface area (Å²) in [5, 5.41) is 11.5. The Hall–Kier alpha value is -3.62. The number of piperidine rings is 1. The standard InChI is InChI=1S/C25H30F2N6O5S/c1-37-14-19-20(22(34)38-2)21(15-3-4-17(26)18(27)13-15)33(24(36)31-19)23(35)29-8-7-28-16-5-10-32(11-6-16)25-30-9-12-39-25/h3-4,9,12-13,16,21,28H,5-8,10-11,14H2,1-2H3,(H,29,35)(H,31,36). The average Bonchev–Trinajstić information content (AvgIpc) is 3.47. The lowest BCUT2D eigenvalue weighted by Crippen LogP contribution is -2.56. The summed E-state index contributed by atoms with van der Waals surface area (Å²) >= 11 is 1.61. The number of halogens is 2. The van der Waals surface area contributed by atoms with Crippen LogP contribution in [0.3, 0.4) is 0 Å². The number of ether oxygens (including phenoxy) is 2. The minimum Gasteiger partial charge on any atom is -0.466 e. The van der Waals surface area contributed by atoms with Gasteiger partial charge in [-0.15, -0.1) is 11.3 Å². The highest BCUT2D eigenvalue weighted by atomic mass is 32.1. The summed E-state index contributed by atoms with van der Waals surface area (Å²) in [6, 6.07) is 0.110. The number of nitrogens with zero attached hydrogens (tertiary/aromatic N) is 3. The maximum atomic E-state index is 14.2. The smallest absolute Gasteiger partial charge is 0.338 e. The number of amides is 4. The van der Waals surface area contributed by atoms with Crippen LogP contribution in [0.15, 0.2) is 41.0 Å². The highest BCUT2D eigenvalue weighted by Gasteiger charge is 2.43. The number of urea groups is 2. The van der Waals surface area contributed by atoms with Crippen LogP contribution in [0.4, 0.5) is 23.5 Å². The molecule has 0 aliphatic carbocycles. The molecule has 11 nitrogen and oxygen atoms in total. The number of hydrogen-bond acceptors (Lipinski definition) is 9. The molecule has 1 fully saturated rings. The molecule has 0 saturated carbocycles. The molecule has 1 saturated heterocycles. The van der Waals surface area contributed by atoms with Crippen molar-refractivity contribution in [2.24, 2.45) is 0 Å². The molecule has 4 rings (SSSR count). The third-order valence-corrected chi connectivity index (χ3v) is 7.36. The van der Waals surface area contributed by atoms with Crippen LogP contribution >= 0.6 is 11.3 Å². The summed E-state index contributed by atoms with van der Waals surface area (Å²) in [6.45, 7) is 2.17. The van der Waals surface area contributed by atoms with Crippen molar-refractivity contribution in [2.75, 3.05) is 51.9 Å². The fourth-order valence-corrected chi connectivity index (χ4v) is 5.35. The second-order valence-corrected chi connectivity index (χ2v) is 9.83. The first-order valence-corrected chi connectivity index (χ1v) is 13.2. The molecule has 39 heavy (non-hydrogen) atoms. The van der Waals surface area contributed by atoms with Gasteiger partial charge in [-0.25, -0.2) is 33.0 Å². The van der Waals surface area contributed by atoms with E-state index >= 15 is 0 Å². The first-order chi connectivity index (χ1) is 18.8. The summed E-state index contributed by atoms with van der Waals surface area (Å²) in [7, 11) is 2.49. The Morgan fingerprint density at radius 2 is 1.95 bits per heavy atom. The second kappa shape index (κ2) is 13.0. The van der Waals surface area contributed by atoms with Gasteiger partial charge in [0.1, 0.15) is 6.04 Å². The molecule has 0 bridgehead atoms. The van der Waals surface area contributed by atoms with Gasteiger partial charge >= 0.3 is 18.0 Å². The van der Waals surface area contributed by atoms with Crippen molar-refractivity contribution in [2.45, 2.75) is 24.9 Å². The Labute approximate surface area is 228 Å². The largest absolute Gasteiger partial charge is 0.466 e. The van der Waals surface area contributed by atoms with Crippen molar-refractivity contribution in [1.82, 2.24) is 25.8 Å². The monoisotopic (exact) mass is 564 g/mol. The summed E-state index contributed by atoms with van der Waals surface area (Å²) in [6.07, 6.45) is 3.61. The molecule has 0 radical (unpaired) electrons. The molecule has 4 amide bonds. The summed E-state index contributed by atoms with van der Waals surface area (Å²) in [5.41, 5.74) is -0.0675. The number of aromatic nitrogens is 1. The molecule has 1 aromatic carbocycles. The third kappa shape index (κ3) is 6.52. The summed E-state index contributed by atoms with van der Waals surface area (Å²) in [5.74, 6) is -3.17. The van der Waals surface area contributed by atoms with E-state index in [9.17, 15) is 23.2 Å². The zero-order chi connectivity index (χ0) is 27.9. The maximum absolute atomic E-state index is 14.2. The topological polar surface area (TPSA) is 125 Å². The van der Waals surface area contributed by atoms with Gasteiger partial charge in [-0.3, -0.25) is 0 Å². The number of rotatable bonds is 9. The maximum Gasteiger partial charge on any atom is 0.338 e. The predicted molar refractivity (Wildman–Crippen MR) is 139 cm³/mol. The van der Waals surface area contributed by atoms with Gasteiger partial charge in [0.05, 0.1) is 25.0 Å². The van der Waals surface area contributed by atoms with Crippen LogP contribution in [0.5, 0.6) is 0 Å². The number of nitrogens with one attached hydrogen (secondary N) is 3. The number of esters is 1. The van der Waals surface area contributed by atoms with Crippen molar-refractivity contribution in [3.8, 4) is 0 Å². The van der Waals surface area contributed by atoms with Crippen molar-refractivity contribution in [1.29, 1.82) is 0 Å². The molecule has 3 heterocycles. The van der Waals surface area contributed by atoms with Crippen LogP contribution in [0.2, 0.25) is 0 Å². The fraction of sp³-hybridized carbons (Fsp3) is 0.440. The third-order valence-electron chi connectivity index (χ3n) is 6.52. The average molecular weight is 565 g/mol. The molecule has 14 heteroatoms. The van der Waals surface area contributed by atoms with E-state index in [0.29, 0.717) is 6.54 Å². The van der Waals surface area contributed by atoms with Gasteiger partial charge in [0.2, 0.25) is 0 Å². The number of hydrogen-bond donors (Lipinski definition) is 3. The predicted octanol–water partition coefficient (Wildman–Crippen LogP) is 2.53. The normalized spacial score (nSPS) is 18.3. The highest BCUT2D eigenvalue weighted by Crippen LogP contribution is 2.35. The number of thiazole rings is 1. The van der Waals surface area contributed by atoms with Crippen molar-refractivity contribution >= 4 is 34.5 Å². The van der Waals surface area contributed by atoms with Gasteiger partial charge < -0.3 is 30.3 Å². The number of methoxy groups -OCH3 is 2. The van der Waals surface area contributed by atoms with E-state index in [2.05, 4.69) is 25.8 Å². The van der Waals surface area contributed by atoms with Gasteiger partial charge in [-0.05, 0) is 30.5 Å². The summed E-state index contributed by atoms with van der Waals surface area (Å²) < 4.78 is 37.8. The van der Waals surface area contributed by atoms with E-state index in [-0.39, 0.29) is 36.0 Å². The molecule has 0 spiro atoms. The van der Waals surface area contributed by atoms with Crippen molar-refractivity contribution in [3.63, 3.8) is 0 Å². The Balaban J connectivity index is 1.44. The van der Waals surface area contributed by atoms with Crippen molar-refractivity contribution in [3.05, 3.63) is 58.2 Å². The SMILES string of the molecule is COCC1=C(C(=O)OC)C(c2ccc(F)c(F)c2)N(C(=O)NCCNC2CCN(c3nccs3)CC2)C(=O)N1. The first kappa shape index (κ1) is 28.4. The van der Waals surface area contributed by atoms with E-state index in [1.165, 1.54) is 13.2 Å². The van der Waals surface area contributed by atoms with Crippen LogP contribution in [0.1, 0.15) is 24.4 Å². The minimum atomic E-state index is -1.38. The first-order valence-electron chi connectivity index (χ1n) is 12.3. The molecule has 210 valence electrons. The van der Waals surface area contributed by atoms with Gasteiger partial charge in [0.25, 0.3) is 0 Å². The van der Waals surface area contributed by atoms with Crippen LogP contribution < -0.4 is 20.9 Å². The second-order valence-electron chi connectivity index (χ2n) is 8.96. The number of carbonyl (C=O) groups excluding carboxylic acids is 3.